The van der Waals surface area contributed by atoms with E-state index in [4.69, 9.17) is 5.26 Å². The summed E-state index contributed by atoms with van der Waals surface area (Å²) in [5.74, 6) is 0. The fraction of sp³-hybridized carbons (Fsp3) is 0.100. The second-order valence-corrected chi connectivity index (χ2v) is 2.97. The first-order valence-electron chi connectivity index (χ1n) is 4.16. The zero-order valence-electron chi connectivity index (χ0n) is 7.68. The van der Waals surface area contributed by atoms with Gasteiger partial charge in [-0.05, 0) is 12.1 Å². The minimum absolute atomic E-state index is 0.633. The Hall–Kier alpha value is -2.15. The first-order chi connectivity index (χ1) is 6.79. The van der Waals surface area contributed by atoms with Gasteiger partial charge in [0.15, 0.2) is 0 Å². The van der Waals surface area contributed by atoms with E-state index in [1.54, 1.807) is 16.8 Å². The van der Waals surface area contributed by atoms with E-state index < -0.39 is 0 Å². The summed E-state index contributed by atoms with van der Waals surface area (Å²) in [5, 5.41) is 16.5. The van der Waals surface area contributed by atoms with E-state index in [9.17, 15) is 0 Å². The Bertz CT molecular complexity index is 493. The number of aromatic nitrogens is 3. The summed E-state index contributed by atoms with van der Waals surface area (Å²) in [6.45, 7) is 0. The van der Waals surface area contributed by atoms with Crippen LogP contribution in [0.1, 0.15) is 5.56 Å². The van der Waals surface area contributed by atoms with Crippen molar-refractivity contribution in [2.45, 2.75) is 0 Å². The molecule has 0 fully saturated rings. The maximum Gasteiger partial charge on any atom is 0.113 e. The lowest BCUT2D eigenvalue weighted by Crippen LogP contribution is -1.85. The number of rotatable bonds is 1. The smallest absolute Gasteiger partial charge is 0.113 e. The molecule has 4 heteroatoms. The molecule has 0 aliphatic rings. The average Bonchev–Trinajstić information content (AvgIpc) is 2.65. The topological polar surface area (TPSA) is 54.5 Å². The summed E-state index contributed by atoms with van der Waals surface area (Å²) >= 11 is 0. The molecule has 0 amide bonds. The van der Waals surface area contributed by atoms with Crippen molar-refractivity contribution in [2.24, 2.45) is 7.05 Å². The molecule has 0 radical (unpaired) electrons. The molecule has 0 aliphatic heterocycles. The molecule has 2 rings (SSSR count). The molecular formula is C10H8N4. The van der Waals surface area contributed by atoms with Gasteiger partial charge in [-0.2, -0.15) is 5.26 Å². The predicted molar refractivity (Wildman–Crippen MR) is 51.2 cm³/mol. The highest BCUT2D eigenvalue weighted by Gasteiger charge is 2.02. The van der Waals surface area contributed by atoms with Crippen molar-refractivity contribution in [3.05, 3.63) is 36.0 Å². The van der Waals surface area contributed by atoms with Gasteiger partial charge in [0, 0.05) is 12.6 Å². The fourth-order valence-corrected chi connectivity index (χ4v) is 1.23. The highest BCUT2D eigenvalue weighted by Crippen LogP contribution is 2.16. The zero-order chi connectivity index (χ0) is 9.97. The van der Waals surface area contributed by atoms with Gasteiger partial charge < -0.3 is 0 Å². The molecule has 1 aromatic carbocycles. The number of hydrogen-bond donors (Lipinski definition) is 0. The van der Waals surface area contributed by atoms with Crippen molar-refractivity contribution in [1.82, 2.24) is 15.0 Å². The van der Waals surface area contributed by atoms with Crippen LogP contribution in [0.2, 0.25) is 0 Å². The van der Waals surface area contributed by atoms with Crippen molar-refractivity contribution in [3.63, 3.8) is 0 Å². The van der Waals surface area contributed by atoms with Gasteiger partial charge in [-0.3, -0.25) is 4.68 Å². The van der Waals surface area contributed by atoms with Gasteiger partial charge in [0.2, 0.25) is 0 Å². The molecule has 14 heavy (non-hydrogen) atoms. The van der Waals surface area contributed by atoms with Crippen LogP contribution >= 0.6 is 0 Å². The van der Waals surface area contributed by atoms with Gasteiger partial charge >= 0.3 is 0 Å². The van der Waals surface area contributed by atoms with Gasteiger partial charge in [0.25, 0.3) is 0 Å². The van der Waals surface area contributed by atoms with E-state index in [-0.39, 0.29) is 0 Å². The quantitative estimate of drug-likeness (QED) is 0.672. The molecule has 1 heterocycles. The molecular weight excluding hydrogens is 176 g/mol. The molecule has 0 unspecified atom stereocenters. The molecule has 0 atom stereocenters. The zero-order valence-corrected chi connectivity index (χ0v) is 7.68. The van der Waals surface area contributed by atoms with E-state index in [1.807, 2.05) is 25.4 Å². The van der Waals surface area contributed by atoms with Crippen molar-refractivity contribution >= 4 is 0 Å². The van der Waals surface area contributed by atoms with Crippen molar-refractivity contribution in [3.8, 4) is 17.3 Å². The summed E-state index contributed by atoms with van der Waals surface area (Å²) in [6.07, 6.45) is 1.82. The standard InChI is InChI=1S/C10H8N4/c1-14-7-10(12-13-14)9-4-2-3-8(5-9)6-11/h2-5,7H,1H3. The van der Waals surface area contributed by atoms with Crippen LogP contribution in [-0.2, 0) is 7.05 Å². The third kappa shape index (κ3) is 1.48. The van der Waals surface area contributed by atoms with E-state index >= 15 is 0 Å². The number of nitrogens with zero attached hydrogens (tertiary/aromatic N) is 4. The SMILES string of the molecule is Cn1cc(-c2cccc(C#N)c2)nn1. The number of benzene rings is 1. The lowest BCUT2D eigenvalue weighted by molar-refractivity contribution is 0.715. The maximum atomic E-state index is 8.72. The third-order valence-electron chi connectivity index (χ3n) is 1.89. The monoisotopic (exact) mass is 184 g/mol. The maximum absolute atomic E-state index is 8.72. The van der Waals surface area contributed by atoms with Crippen molar-refractivity contribution in [1.29, 1.82) is 5.26 Å². The Kier molecular flexibility index (Phi) is 1.99. The lowest BCUT2D eigenvalue weighted by atomic mass is 10.1. The molecule has 4 nitrogen and oxygen atoms in total. The normalized spacial score (nSPS) is 9.71. The minimum Gasteiger partial charge on any atom is -0.255 e. The molecule has 0 saturated carbocycles. The first kappa shape index (κ1) is 8.45. The summed E-state index contributed by atoms with van der Waals surface area (Å²) in [7, 11) is 1.81. The van der Waals surface area contributed by atoms with E-state index in [0.29, 0.717) is 5.56 Å². The molecule has 0 saturated heterocycles. The van der Waals surface area contributed by atoms with Crippen LogP contribution in [-0.4, -0.2) is 15.0 Å². The van der Waals surface area contributed by atoms with Crippen molar-refractivity contribution < 1.29 is 0 Å². The molecule has 0 spiro atoms. The van der Waals surface area contributed by atoms with Gasteiger partial charge in [0.1, 0.15) is 5.69 Å². The first-order valence-corrected chi connectivity index (χ1v) is 4.16. The summed E-state index contributed by atoms with van der Waals surface area (Å²) in [6, 6.07) is 9.39. The molecule has 2 aromatic rings. The Morgan fingerprint density at radius 1 is 1.43 bits per heavy atom. The Morgan fingerprint density at radius 2 is 2.29 bits per heavy atom. The molecule has 68 valence electrons. The molecule has 1 aromatic heterocycles. The van der Waals surface area contributed by atoms with E-state index in [1.165, 1.54) is 0 Å². The van der Waals surface area contributed by atoms with Crippen LogP contribution in [0.4, 0.5) is 0 Å². The fourth-order valence-electron chi connectivity index (χ4n) is 1.23. The summed E-state index contributed by atoms with van der Waals surface area (Å²) in [5.41, 5.74) is 2.33. The van der Waals surface area contributed by atoms with Gasteiger partial charge in [-0.25, -0.2) is 0 Å². The second kappa shape index (κ2) is 3.30. The third-order valence-corrected chi connectivity index (χ3v) is 1.89. The Morgan fingerprint density at radius 3 is 2.93 bits per heavy atom. The minimum atomic E-state index is 0.633. The van der Waals surface area contributed by atoms with Gasteiger partial charge in [-0.15, -0.1) is 5.10 Å². The largest absolute Gasteiger partial charge is 0.255 e. The van der Waals surface area contributed by atoms with Crippen LogP contribution in [0.25, 0.3) is 11.3 Å². The van der Waals surface area contributed by atoms with Crippen LogP contribution in [0, 0.1) is 11.3 Å². The van der Waals surface area contributed by atoms with Crippen LogP contribution < -0.4 is 0 Å². The predicted octanol–water partition coefficient (Wildman–Crippen LogP) is 1.35. The molecule has 0 N–H and O–H groups in total. The summed E-state index contributed by atoms with van der Waals surface area (Å²) < 4.78 is 1.63. The average molecular weight is 184 g/mol. The number of aryl methyl sites for hydroxylation is 1. The van der Waals surface area contributed by atoms with Gasteiger partial charge in [-0.1, -0.05) is 17.3 Å². The van der Waals surface area contributed by atoms with Crippen LogP contribution in [0.5, 0.6) is 0 Å². The Labute approximate surface area is 81.4 Å². The number of nitriles is 1. The summed E-state index contributed by atoms with van der Waals surface area (Å²) in [4.78, 5) is 0. The lowest BCUT2D eigenvalue weighted by Gasteiger charge is -1.94. The van der Waals surface area contributed by atoms with Crippen LogP contribution in [0.15, 0.2) is 30.5 Å². The van der Waals surface area contributed by atoms with E-state index in [0.717, 1.165) is 11.3 Å². The molecule has 0 bridgehead atoms. The van der Waals surface area contributed by atoms with Crippen LogP contribution in [0.3, 0.4) is 0 Å². The highest BCUT2D eigenvalue weighted by atomic mass is 15.4. The highest BCUT2D eigenvalue weighted by molar-refractivity contribution is 5.59. The van der Waals surface area contributed by atoms with Crippen molar-refractivity contribution in [2.75, 3.05) is 0 Å². The van der Waals surface area contributed by atoms with E-state index in [2.05, 4.69) is 16.4 Å². The second-order valence-electron chi connectivity index (χ2n) is 2.97. The number of hydrogen-bond acceptors (Lipinski definition) is 3. The molecule has 0 aliphatic carbocycles. The Balaban J connectivity index is 2.47. The van der Waals surface area contributed by atoms with Gasteiger partial charge in [0.05, 0.1) is 17.8 Å².